The predicted octanol–water partition coefficient (Wildman–Crippen LogP) is 4.65. The molecule has 1 nitrogen and oxygen atoms in total. The molecule has 1 unspecified atom stereocenters. The molecule has 106 valence electrons. The van der Waals surface area contributed by atoms with E-state index in [-0.39, 0.29) is 22.0 Å². The number of rotatable bonds is 3. The molecule has 2 rings (SSSR count). The van der Waals surface area contributed by atoms with Crippen LogP contribution in [0.15, 0.2) is 30.3 Å². The number of hydrogen-bond acceptors (Lipinski definition) is 1. The molecule has 20 heavy (non-hydrogen) atoms. The fourth-order valence-corrected chi connectivity index (χ4v) is 2.21. The van der Waals surface area contributed by atoms with Crippen LogP contribution in [0, 0.1) is 17.5 Å². The molecule has 0 aliphatic heterocycles. The van der Waals surface area contributed by atoms with Crippen LogP contribution in [0.3, 0.4) is 0 Å². The van der Waals surface area contributed by atoms with Crippen LogP contribution in [0.2, 0.25) is 10.0 Å². The number of halogens is 5. The maximum Gasteiger partial charge on any atom is 0.142 e. The van der Waals surface area contributed by atoms with Gasteiger partial charge in [0.1, 0.15) is 17.5 Å². The van der Waals surface area contributed by atoms with Gasteiger partial charge in [-0.3, -0.25) is 0 Å². The molecule has 0 bridgehead atoms. The highest BCUT2D eigenvalue weighted by Gasteiger charge is 2.16. The van der Waals surface area contributed by atoms with Crippen molar-refractivity contribution in [3.63, 3.8) is 0 Å². The van der Waals surface area contributed by atoms with Crippen molar-refractivity contribution in [1.82, 2.24) is 0 Å². The van der Waals surface area contributed by atoms with Crippen LogP contribution in [0.4, 0.5) is 13.2 Å². The van der Waals surface area contributed by atoms with Gasteiger partial charge in [-0.05, 0) is 36.2 Å². The van der Waals surface area contributed by atoms with E-state index in [1.807, 2.05) is 0 Å². The van der Waals surface area contributed by atoms with Crippen LogP contribution in [-0.4, -0.2) is 0 Å². The molecule has 0 aliphatic carbocycles. The van der Waals surface area contributed by atoms with Gasteiger partial charge in [-0.2, -0.15) is 0 Å². The van der Waals surface area contributed by atoms with E-state index in [1.165, 1.54) is 18.2 Å². The second-order valence-corrected chi connectivity index (χ2v) is 5.16. The molecule has 0 saturated carbocycles. The zero-order chi connectivity index (χ0) is 14.9. The van der Waals surface area contributed by atoms with Crippen LogP contribution >= 0.6 is 23.2 Å². The van der Waals surface area contributed by atoms with E-state index in [2.05, 4.69) is 0 Å². The molecule has 0 saturated heterocycles. The van der Waals surface area contributed by atoms with Crippen molar-refractivity contribution in [1.29, 1.82) is 0 Å². The Bertz CT molecular complexity index is 647. The quantitative estimate of drug-likeness (QED) is 0.818. The molecule has 6 heteroatoms. The summed E-state index contributed by atoms with van der Waals surface area (Å²) in [5.41, 5.74) is 6.48. The molecule has 0 amide bonds. The first-order valence-electron chi connectivity index (χ1n) is 5.72. The molecule has 0 radical (unpaired) electrons. The number of benzene rings is 2. The van der Waals surface area contributed by atoms with Crippen molar-refractivity contribution in [2.24, 2.45) is 5.73 Å². The number of hydrogen-bond donors (Lipinski definition) is 1. The second kappa shape index (κ2) is 6.04. The number of nitrogens with two attached hydrogens (primary N) is 1. The molecule has 0 aromatic heterocycles. The van der Waals surface area contributed by atoms with Gasteiger partial charge in [0, 0.05) is 11.6 Å². The molecule has 2 aromatic carbocycles. The summed E-state index contributed by atoms with van der Waals surface area (Å²) in [6, 6.07) is 5.15. The van der Waals surface area contributed by atoms with E-state index in [0.717, 1.165) is 12.1 Å². The maximum absolute atomic E-state index is 13.7. The van der Waals surface area contributed by atoms with Crippen molar-refractivity contribution >= 4 is 23.2 Å². The summed E-state index contributed by atoms with van der Waals surface area (Å²) in [6.45, 7) is 0. The molecular weight excluding hydrogens is 310 g/mol. The van der Waals surface area contributed by atoms with Gasteiger partial charge in [0.2, 0.25) is 0 Å². The summed E-state index contributed by atoms with van der Waals surface area (Å²) in [5.74, 6) is -1.97. The van der Waals surface area contributed by atoms with Gasteiger partial charge in [0.15, 0.2) is 0 Å². The van der Waals surface area contributed by atoms with Crippen molar-refractivity contribution < 1.29 is 13.2 Å². The summed E-state index contributed by atoms with van der Waals surface area (Å²) in [4.78, 5) is 0. The third-order valence-corrected chi connectivity index (χ3v) is 3.46. The van der Waals surface area contributed by atoms with Gasteiger partial charge in [0.25, 0.3) is 0 Å². The normalized spacial score (nSPS) is 12.5. The summed E-state index contributed by atoms with van der Waals surface area (Å²) >= 11 is 11.1. The summed E-state index contributed by atoms with van der Waals surface area (Å²) in [5, 5.41) is -0.347. The zero-order valence-electron chi connectivity index (χ0n) is 10.1. The Morgan fingerprint density at radius 3 is 2.20 bits per heavy atom. The summed E-state index contributed by atoms with van der Waals surface area (Å²) in [6.07, 6.45) is 0.192. The van der Waals surface area contributed by atoms with Gasteiger partial charge < -0.3 is 5.73 Å². The first-order valence-corrected chi connectivity index (χ1v) is 6.48. The Morgan fingerprint density at radius 2 is 1.55 bits per heavy atom. The van der Waals surface area contributed by atoms with Crippen LogP contribution in [0.5, 0.6) is 0 Å². The Hall–Kier alpha value is -1.23. The van der Waals surface area contributed by atoms with Crippen LogP contribution in [-0.2, 0) is 6.42 Å². The Balaban J connectivity index is 2.25. The molecule has 0 spiro atoms. The fraction of sp³-hybridized carbons (Fsp3) is 0.143. The average Bonchev–Trinajstić information content (AvgIpc) is 2.38. The lowest BCUT2D eigenvalue weighted by Gasteiger charge is -2.14. The zero-order valence-corrected chi connectivity index (χ0v) is 11.7. The molecule has 0 aliphatic rings. The second-order valence-electron chi connectivity index (χ2n) is 4.35. The first-order chi connectivity index (χ1) is 9.38. The van der Waals surface area contributed by atoms with Crippen molar-refractivity contribution in [3.8, 4) is 0 Å². The molecule has 2 N–H and O–H groups in total. The third kappa shape index (κ3) is 3.26. The first kappa shape index (κ1) is 15.2. The summed E-state index contributed by atoms with van der Waals surface area (Å²) in [7, 11) is 0. The van der Waals surface area contributed by atoms with Crippen molar-refractivity contribution in [2.75, 3.05) is 0 Å². The lowest BCUT2D eigenvalue weighted by molar-refractivity contribution is 0.561. The van der Waals surface area contributed by atoms with Gasteiger partial charge in [0.05, 0.1) is 10.0 Å². The van der Waals surface area contributed by atoms with Gasteiger partial charge in [-0.15, -0.1) is 0 Å². The third-order valence-electron chi connectivity index (χ3n) is 2.88. The van der Waals surface area contributed by atoms with E-state index in [0.29, 0.717) is 5.56 Å². The monoisotopic (exact) mass is 319 g/mol. The molecular formula is C14H10Cl2F3N. The lowest BCUT2D eigenvalue weighted by atomic mass is 9.99. The highest BCUT2D eigenvalue weighted by Crippen LogP contribution is 2.26. The Kier molecular flexibility index (Phi) is 4.58. The van der Waals surface area contributed by atoms with Crippen LogP contribution in [0.25, 0.3) is 0 Å². The van der Waals surface area contributed by atoms with E-state index in [1.54, 1.807) is 0 Å². The molecule has 0 heterocycles. The van der Waals surface area contributed by atoms with E-state index in [9.17, 15) is 13.2 Å². The minimum Gasteiger partial charge on any atom is -0.324 e. The van der Waals surface area contributed by atoms with E-state index >= 15 is 0 Å². The SMILES string of the molecule is NC(Cc1ccc(F)c(Cl)c1)c1cc(F)c(Cl)cc1F. The molecule has 2 aromatic rings. The lowest BCUT2D eigenvalue weighted by Crippen LogP contribution is -2.15. The highest BCUT2D eigenvalue weighted by molar-refractivity contribution is 6.31. The Morgan fingerprint density at radius 1 is 0.900 bits per heavy atom. The van der Waals surface area contributed by atoms with Gasteiger partial charge in [-0.1, -0.05) is 29.3 Å². The van der Waals surface area contributed by atoms with E-state index in [4.69, 9.17) is 28.9 Å². The predicted molar refractivity (Wildman–Crippen MR) is 73.4 cm³/mol. The smallest absolute Gasteiger partial charge is 0.142 e. The van der Waals surface area contributed by atoms with Crippen LogP contribution < -0.4 is 5.73 Å². The Labute approximate surface area is 124 Å². The van der Waals surface area contributed by atoms with Crippen molar-refractivity contribution in [2.45, 2.75) is 12.5 Å². The minimum atomic E-state index is -0.789. The highest BCUT2D eigenvalue weighted by atomic mass is 35.5. The maximum atomic E-state index is 13.7. The minimum absolute atomic E-state index is 0.00680. The standard InChI is InChI=1S/C14H10Cl2F3N/c15-9-3-7(1-2-11(9)17)4-14(20)8-5-13(19)10(16)6-12(8)18/h1-3,5-6,14H,4,20H2. The van der Waals surface area contributed by atoms with Gasteiger partial charge >= 0.3 is 0 Å². The molecule has 1 atom stereocenters. The summed E-state index contributed by atoms with van der Waals surface area (Å²) < 4.78 is 40.1. The van der Waals surface area contributed by atoms with Gasteiger partial charge in [-0.25, -0.2) is 13.2 Å². The largest absolute Gasteiger partial charge is 0.324 e. The van der Waals surface area contributed by atoms with E-state index < -0.39 is 23.5 Å². The average molecular weight is 320 g/mol. The van der Waals surface area contributed by atoms with Crippen molar-refractivity contribution in [3.05, 3.63) is 69.0 Å². The fourth-order valence-electron chi connectivity index (χ4n) is 1.85. The van der Waals surface area contributed by atoms with Crippen LogP contribution in [0.1, 0.15) is 17.2 Å². The topological polar surface area (TPSA) is 26.0 Å². The molecule has 0 fully saturated rings.